The van der Waals surface area contributed by atoms with E-state index in [9.17, 15) is 54.2 Å². The molecule has 1 unspecified atom stereocenters. The van der Waals surface area contributed by atoms with Crippen molar-refractivity contribution in [3.05, 3.63) is 39.9 Å². The molecule has 6 N–H and O–H groups in total. The van der Waals surface area contributed by atoms with Gasteiger partial charge in [-0.1, -0.05) is 12.1 Å². The number of benzene rings is 1. The monoisotopic (exact) mass is 585 g/mol. The number of carbonyl (C=O) groups excluding carboxylic acids is 1. The summed E-state index contributed by atoms with van der Waals surface area (Å²) in [6.07, 6.45) is -0.215. The summed E-state index contributed by atoms with van der Waals surface area (Å²) in [5.41, 5.74) is 0.178. The van der Waals surface area contributed by atoms with Crippen molar-refractivity contribution in [2.24, 2.45) is 0 Å². The van der Waals surface area contributed by atoms with Crippen LogP contribution in [0.5, 0.6) is 0 Å². The number of non-ortho nitro benzene ring substituents is 1. The molecule has 0 saturated carbocycles. The highest BCUT2D eigenvalue weighted by Crippen LogP contribution is 2.13. The van der Waals surface area contributed by atoms with Crippen molar-refractivity contribution < 1.29 is 59.2 Å². The van der Waals surface area contributed by atoms with Crippen molar-refractivity contribution in [3.63, 3.8) is 0 Å². The van der Waals surface area contributed by atoms with Crippen LogP contribution < -0.4 is 5.32 Å². The van der Waals surface area contributed by atoms with Crippen LogP contribution in [0.2, 0.25) is 0 Å². The average Bonchev–Trinajstić information content (AvgIpc) is 2.83. The molecule has 1 aromatic carbocycles. The van der Waals surface area contributed by atoms with Crippen LogP contribution in [0, 0.1) is 10.1 Å². The van der Waals surface area contributed by atoms with E-state index in [4.69, 9.17) is 10.2 Å². The standard InChI is InChI=1S/C23H31N5O13/c29-18(24-17(23(38)39)9-15-1-3-16(4-2-15)28(40)41)10-26(12-20(32)33)7-5-25(11-19(30)31)6-8-27(13-21(34)35)14-22(36)37/h1-4,17H,5-14H2,(H,24,29)(H,30,31)(H,32,33)(H,34,35)(H,36,37)(H,38,39). The molecule has 1 amide bonds. The van der Waals surface area contributed by atoms with E-state index < -0.39 is 79.4 Å². The molecule has 1 rings (SSSR count). The number of nitrogens with one attached hydrogen (secondary N) is 1. The Morgan fingerprint density at radius 1 is 0.683 bits per heavy atom. The largest absolute Gasteiger partial charge is 0.480 e. The third kappa shape index (κ3) is 14.9. The molecule has 1 atom stereocenters. The maximum absolute atomic E-state index is 12.6. The number of nitro groups is 1. The summed E-state index contributed by atoms with van der Waals surface area (Å²) >= 11 is 0. The second-order valence-corrected chi connectivity index (χ2v) is 8.86. The number of carboxylic acid groups (broad SMARTS) is 5. The van der Waals surface area contributed by atoms with Gasteiger partial charge in [0.05, 0.1) is 37.6 Å². The Bertz CT molecular complexity index is 1100. The predicted molar refractivity (Wildman–Crippen MR) is 136 cm³/mol. The van der Waals surface area contributed by atoms with Crippen LogP contribution in [-0.4, -0.2) is 146 Å². The molecular formula is C23H31N5O13. The quantitative estimate of drug-likeness (QED) is 0.0669. The zero-order valence-corrected chi connectivity index (χ0v) is 21.7. The van der Waals surface area contributed by atoms with Crippen LogP contribution in [0.1, 0.15) is 5.56 Å². The lowest BCUT2D eigenvalue weighted by Gasteiger charge is -2.27. The minimum atomic E-state index is -1.44. The Balaban J connectivity index is 2.86. The van der Waals surface area contributed by atoms with Crippen LogP contribution in [0.4, 0.5) is 5.69 Å². The van der Waals surface area contributed by atoms with Gasteiger partial charge in [-0.3, -0.25) is 48.8 Å². The molecule has 0 aliphatic heterocycles. The summed E-state index contributed by atoms with van der Waals surface area (Å²) in [4.78, 5) is 82.6. The topological polar surface area (TPSA) is 268 Å². The fraction of sp³-hybridized carbons (Fsp3) is 0.478. The van der Waals surface area contributed by atoms with E-state index >= 15 is 0 Å². The molecule has 0 aromatic heterocycles. The van der Waals surface area contributed by atoms with Gasteiger partial charge in [0.15, 0.2) is 0 Å². The van der Waals surface area contributed by atoms with Crippen LogP contribution in [0.3, 0.4) is 0 Å². The highest BCUT2D eigenvalue weighted by Gasteiger charge is 2.24. The molecule has 18 heteroatoms. The Labute approximate surface area is 232 Å². The molecular weight excluding hydrogens is 554 g/mol. The van der Waals surface area contributed by atoms with Crippen LogP contribution in [-0.2, 0) is 35.2 Å². The molecule has 0 saturated heterocycles. The normalized spacial score (nSPS) is 11.8. The summed E-state index contributed by atoms with van der Waals surface area (Å²) in [5.74, 6) is -7.41. The molecule has 41 heavy (non-hydrogen) atoms. The van der Waals surface area contributed by atoms with E-state index in [-0.39, 0.29) is 38.3 Å². The number of amides is 1. The smallest absolute Gasteiger partial charge is 0.326 e. The minimum Gasteiger partial charge on any atom is -0.480 e. The average molecular weight is 586 g/mol. The maximum Gasteiger partial charge on any atom is 0.326 e. The lowest BCUT2D eigenvalue weighted by molar-refractivity contribution is -0.384. The molecule has 0 radical (unpaired) electrons. The Morgan fingerprint density at radius 2 is 1.07 bits per heavy atom. The SMILES string of the molecule is O=C(O)CN(CCN(CC(=O)O)CC(=O)O)CCN(CC(=O)O)CC(=O)NC(Cc1ccc([N+](=O)[O-])cc1)C(=O)O. The van der Waals surface area contributed by atoms with Gasteiger partial charge in [0, 0.05) is 44.7 Å². The van der Waals surface area contributed by atoms with Gasteiger partial charge in [0.25, 0.3) is 5.69 Å². The highest BCUT2D eigenvalue weighted by molar-refractivity contribution is 5.85. The van der Waals surface area contributed by atoms with Gasteiger partial charge < -0.3 is 30.8 Å². The number of aliphatic carboxylic acids is 5. The first-order chi connectivity index (χ1) is 19.2. The third-order valence-corrected chi connectivity index (χ3v) is 5.49. The summed E-state index contributed by atoms with van der Waals surface area (Å²) in [5, 5.41) is 58.9. The zero-order chi connectivity index (χ0) is 31.1. The van der Waals surface area contributed by atoms with E-state index in [2.05, 4.69) is 5.32 Å². The summed E-state index contributed by atoms with van der Waals surface area (Å²) < 4.78 is 0. The summed E-state index contributed by atoms with van der Waals surface area (Å²) in [6.45, 7) is -3.47. The van der Waals surface area contributed by atoms with Crippen molar-refractivity contribution in [2.45, 2.75) is 12.5 Å². The van der Waals surface area contributed by atoms with E-state index in [1.807, 2.05) is 0 Å². The minimum absolute atomic E-state index is 0.0870. The number of carboxylic acids is 5. The van der Waals surface area contributed by atoms with Gasteiger partial charge >= 0.3 is 29.8 Å². The number of carbonyl (C=O) groups is 6. The molecule has 0 bridgehead atoms. The molecule has 0 aliphatic rings. The lowest BCUT2D eigenvalue weighted by atomic mass is 10.1. The van der Waals surface area contributed by atoms with E-state index in [1.54, 1.807) is 0 Å². The van der Waals surface area contributed by atoms with E-state index in [1.165, 1.54) is 29.2 Å². The third-order valence-electron chi connectivity index (χ3n) is 5.49. The second-order valence-electron chi connectivity index (χ2n) is 8.86. The fourth-order valence-corrected chi connectivity index (χ4v) is 3.66. The molecule has 1 aromatic rings. The molecule has 226 valence electrons. The van der Waals surface area contributed by atoms with Gasteiger partial charge in [-0.15, -0.1) is 0 Å². The molecule has 0 heterocycles. The zero-order valence-electron chi connectivity index (χ0n) is 21.7. The van der Waals surface area contributed by atoms with Gasteiger partial charge in [-0.25, -0.2) is 4.79 Å². The summed E-state index contributed by atoms with van der Waals surface area (Å²) in [6, 6.07) is 3.59. The van der Waals surface area contributed by atoms with Gasteiger partial charge in [-0.2, -0.15) is 0 Å². The maximum atomic E-state index is 12.6. The van der Waals surface area contributed by atoms with Crippen LogP contribution in [0.25, 0.3) is 0 Å². The molecule has 18 nitrogen and oxygen atoms in total. The highest BCUT2D eigenvalue weighted by atomic mass is 16.6. The van der Waals surface area contributed by atoms with E-state index in [0.717, 1.165) is 9.80 Å². The van der Waals surface area contributed by atoms with Crippen molar-refractivity contribution in [1.82, 2.24) is 20.0 Å². The van der Waals surface area contributed by atoms with Crippen LogP contribution >= 0.6 is 0 Å². The van der Waals surface area contributed by atoms with Crippen molar-refractivity contribution in [3.8, 4) is 0 Å². The lowest BCUT2D eigenvalue weighted by Crippen LogP contribution is -2.49. The van der Waals surface area contributed by atoms with Crippen molar-refractivity contribution >= 4 is 41.4 Å². The van der Waals surface area contributed by atoms with Gasteiger partial charge in [0.2, 0.25) is 5.91 Å². The van der Waals surface area contributed by atoms with Crippen LogP contribution in [0.15, 0.2) is 24.3 Å². The number of nitro benzene ring substituents is 1. The first kappa shape index (κ1) is 34.3. The van der Waals surface area contributed by atoms with E-state index in [0.29, 0.717) is 5.56 Å². The van der Waals surface area contributed by atoms with Crippen molar-refractivity contribution in [1.29, 1.82) is 0 Å². The van der Waals surface area contributed by atoms with Crippen molar-refractivity contribution in [2.75, 3.05) is 58.9 Å². The summed E-state index contributed by atoms with van der Waals surface area (Å²) in [7, 11) is 0. The first-order valence-electron chi connectivity index (χ1n) is 12.0. The molecule has 0 spiro atoms. The Hall–Kier alpha value is -4.68. The number of hydrogen-bond acceptors (Lipinski definition) is 11. The number of nitrogens with zero attached hydrogens (tertiary/aromatic N) is 4. The Kier molecular flexibility index (Phi) is 14.3. The first-order valence-corrected chi connectivity index (χ1v) is 12.0. The predicted octanol–water partition coefficient (Wildman–Crippen LogP) is -2.05. The fourth-order valence-electron chi connectivity index (χ4n) is 3.66. The second kappa shape index (κ2) is 17.1. The Morgan fingerprint density at radius 3 is 1.46 bits per heavy atom. The number of rotatable bonds is 21. The molecule has 0 fully saturated rings. The molecule has 0 aliphatic carbocycles. The van der Waals surface area contributed by atoms with Gasteiger partial charge in [0.1, 0.15) is 6.04 Å². The number of hydrogen-bond donors (Lipinski definition) is 6. The van der Waals surface area contributed by atoms with Gasteiger partial charge in [-0.05, 0) is 5.56 Å².